The molecule has 26 heavy (non-hydrogen) atoms. The molecule has 0 fully saturated rings. The Morgan fingerprint density at radius 1 is 1.27 bits per heavy atom. The van der Waals surface area contributed by atoms with Gasteiger partial charge in [0.05, 0.1) is 5.56 Å². The van der Waals surface area contributed by atoms with E-state index in [4.69, 9.17) is 0 Å². The van der Waals surface area contributed by atoms with Gasteiger partial charge >= 0.3 is 0 Å². The molecule has 2 aromatic heterocycles. The van der Waals surface area contributed by atoms with Crippen molar-refractivity contribution >= 4 is 33.2 Å². The van der Waals surface area contributed by atoms with E-state index >= 15 is 0 Å². The fourth-order valence-corrected chi connectivity index (χ4v) is 5.55. The van der Waals surface area contributed by atoms with E-state index in [0.717, 1.165) is 16.9 Å². The average Bonchev–Trinajstić information content (AvgIpc) is 3.33. The van der Waals surface area contributed by atoms with Crippen LogP contribution in [0.15, 0.2) is 46.2 Å². The molecule has 0 radical (unpaired) electrons. The zero-order valence-corrected chi connectivity index (χ0v) is 15.2. The molecular formula is C16H15N5O3S2. The number of hydrogen-bond acceptors (Lipinski definition) is 6. The molecule has 1 amide bonds. The van der Waals surface area contributed by atoms with Crippen molar-refractivity contribution < 1.29 is 13.2 Å². The van der Waals surface area contributed by atoms with Gasteiger partial charge in [-0.05, 0) is 23.6 Å². The van der Waals surface area contributed by atoms with Gasteiger partial charge in [-0.3, -0.25) is 10.1 Å². The summed E-state index contributed by atoms with van der Waals surface area (Å²) in [5.41, 5.74) is 2.46. The Labute approximate surface area is 153 Å². The maximum absolute atomic E-state index is 12.9. The molecule has 3 aromatic rings. The molecule has 0 aliphatic carbocycles. The molecule has 1 aliphatic rings. The van der Waals surface area contributed by atoms with Crippen LogP contribution >= 0.6 is 11.3 Å². The molecule has 3 heterocycles. The quantitative estimate of drug-likeness (QED) is 0.708. The van der Waals surface area contributed by atoms with Crippen LogP contribution in [0, 0.1) is 0 Å². The van der Waals surface area contributed by atoms with E-state index in [1.165, 1.54) is 27.6 Å². The van der Waals surface area contributed by atoms with Crippen molar-refractivity contribution in [1.29, 1.82) is 0 Å². The van der Waals surface area contributed by atoms with E-state index in [-0.39, 0.29) is 15.7 Å². The van der Waals surface area contributed by atoms with Crippen molar-refractivity contribution in [2.45, 2.75) is 17.2 Å². The number of nitrogens with zero attached hydrogens (tertiary/aromatic N) is 3. The van der Waals surface area contributed by atoms with Gasteiger partial charge in [0.25, 0.3) is 15.9 Å². The molecule has 134 valence electrons. The van der Waals surface area contributed by atoms with Crippen LogP contribution in [0.4, 0.5) is 5.95 Å². The molecule has 10 heteroatoms. The highest BCUT2D eigenvalue weighted by Gasteiger charge is 2.30. The van der Waals surface area contributed by atoms with Gasteiger partial charge in [-0.1, -0.05) is 24.3 Å². The van der Waals surface area contributed by atoms with Crippen LogP contribution in [0.5, 0.6) is 0 Å². The van der Waals surface area contributed by atoms with Crippen LogP contribution in [-0.2, 0) is 23.0 Å². The molecule has 0 saturated carbocycles. The number of sulfonamides is 1. The van der Waals surface area contributed by atoms with Crippen molar-refractivity contribution in [3.63, 3.8) is 0 Å². The summed E-state index contributed by atoms with van der Waals surface area (Å²) in [6.07, 6.45) is 1.95. The Bertz CT molecular complexity index is 1040. The van der Waals surface area contributed by atoms with Crippen molar-refractivity contribution in [3.8, 4) is 0 Å². The first-order valence-electron chi connectivity index (χ1n) is 7.86. The second-order valence-electron chi connectivity index (χ2n) is 5.80. The Morgan fingerprint density at radius 2 is 2.08 bits per heavy atom. The van der Waals surface area contributed by atoms with Crippen LogP contribution in [-0.4, -0.2) is 40.4 Å². The number of aromatic amines is 1. The molecule has 0 atom stereocenters. The number of rotatable bonds is 4. The van der Waals surface area contributed by atoms with Crippen molar-refractivity contribution in [2.75, 3.05) is 11.9 Å². The lowest BCUT2D eigenvalue weighted by Gasteiger charge is -2.27. The number of amides is 1. The number of hydrogen-bond donors (Lipinski definition) is 2. The lowest BCUT2D eigenvalue weighted by atomic mass is 10.0. The normalized spacial score (nSPS) is 14.8. The first-order chi connectivity index (χ1) is 12.5. The highest BCUT2D eigenvalue weighted by molar-refractivity contribution is 7.91. The molecule has 2 N–H and O–H groups in total. The predicted molar refractivity (Wildman–Crippen MR) is 96.4 cm³/mol. The van der Waals surface area contributed by atoms with Gasteiger partial charge in [0.2, 0.25) is 5.95 Å². The summed E-state index contributed by atoms with van der Waals surface area (Å²) in [7, 11) is -3.64. The van der Waals surface area contributed by atoms with Crippen LogP contribution in [0.25, 0.3) is 0 Å². The molecule has 0 bridgehead atoms. The highest BCUT2D eigenvalue weighted by atomic mass is 32.2. The van der Waals surface area contributed by atoms with Gasteiger partial charge in [-0.15, -0.1) is 11.3 Å². The topological polar surface area (TPSA) is 108 Å². The molecule has 0 unspecified atom stereocenters. The van der Waals surface area contributed by atoms with E-state index in [1.807, 2.05) is 24.3 Å². The van der Waals surface area contributed by atoms with Gasteiger partial charge in [0, 0.05) is 18.5 Å². The van der Waals surface area contributed by atoms with E-state index in [9.17, 15) is 13.2 Å². The molecule has 0 saturated heterocycles. The first-order valence-corrected chi connectivity index (χ1v) is 10.2. The molecule has 8 nitrogen and oxygen atoms in total. The van der Waals surface area contributed by atoms with Gasteiger partial charge in [0.15, 0.2) is 0 Å². The van der Waals surface area contributed by atoms with Gasteiger partial charge < -0.3 is 0 Å². The summed E-state index contributed by atoms with van der Waals surface area (Å²) in [5, 5.41) is 10.2. The number of nitrogens with one attached hydrogen (secondary N) is 2. The monoisotopic (exact) mass is 389 g/mol. The minimum atomic E-state index is -3.64. The van der Waals surface area contributed by atoms with Crippen molar-refractivity contribution in [1.82, 2.24) is 19.5 Å². The first kappa shape index (κ1) is 16.9. The maximum atomic E-state index is 12.9. The zero-order valence-electron chi connectivity index (χ0n) is 13.5. The largest absolute Gasteiger partial charge is 0.291 e. The van der Waals surface area contributed by atoms with E-state index < -0.39 is 15.9 Å². The predicted octanol–water partition coefficient (Wildman–Crippen LogP) is 1.87. The lowest BCUT2D eigenvalue weighted by Crippen LogP contribution is -2.35. The Hall–Kier alpha value is -2.56. The molecule has 4 rings (SSSR count). The van der Waals surface area contributed by atoms with Crippen LogP contribution < -0.4 is 5.32 Å². The fourth-order valence-electron chi connectivity index (χ4n) is 2.82. The summed E-state index contributed by atoms with van der Waals surface area (Å²) < 4.78 is 27.5. The summed E-state index contributed by atoms with van der Waals surface area (Å²) >= 11 is 1.04. The van der Waals surface area contributed by atoms with Crippen molar-refractivity contribution in [3.05, 3.63) is 58.7 Å². The minimum Gasteiger partial charge on any atom is -0.291 e. The van der Waals surface area contributed by atoms with E-state index in [0.29, 0.717) is 19.5 Å². The number of H-pyrrole nitrogens is 1. The van der Waals surface area contributed by atoms with Crippen molar-refractivity contribution in [2.24, 2.45) is 0 Å². The van der Waals surface area contributed by atoms with Crippen LogP contribution in [0.3, 0.4) is 0 Å². The summed E-state index contributed by atoms with van der Waals surface area (Å²) in [5.74, 6) is -0.235. The number of benzene rings is 1. The number of aromatic nitrogens is 3. The Morgan fingerprint density at radius 3 is 2.85 bits per heavy atom. The van der Waals surface area contributed by atoms with E-state index in [2.05, 4.69) is 20.5 Å². The average molecular weight is 389 g/mol. The van der Waals surface area contributed by atoms with Crippen LogP contribution in [0.2, 0.25) is 0 Å². The Kier molecular flexibility index (Phi) is 4.31. The maximum Gasteiger partial charge on any atom is 0.258 e. The number of thiophene rings is 1. The van der Waals surface area contributed by atoms with Gasteiger partial charge in [-0.2, -0.15) is 14.4 Å². The second-order valence-corrected chi connectivity index (χ2v) is 8.88. The van der Waals surface area contributed by atoms with E-state index in [1.54, 1.807) is 0 Å². The SMILES string of the molecule is O=C(Nc1ncn[nH]1)c1csc(S(=O)(=O)N2CCc3ccccc3C2)c1. The highest BCUT2D eigenvalue weighted by Crippen LogP contribution is 2.28. The second kappa shape index (κ2) is 6.63. The third-order valence-electron chi connectivity index (χ3n) is 4.17. The fraction of sp³-hybridized carbons (Fsp3) is 0.188. The number of carbonyl (C=O) groups is 1. The third kappa shape index (κ3) is 3.14. The number of fused-ring (bicyclic) bond motifs is 1. The summed E-state index contributed by atoms with van der Waals surface area (Å²) in [6.45, 7) is 0.771. The number of anilines is 1. The standard InChI is InChI=1S/C16H15N5O3S2/c22-15(19-16-17-10-18-20-16)13-7-14(25-9-13)26(23,24)21-6-5-11-3-1-2-4-12(11)8-21/h1-4,7,9-10H,5-6,8H2,(H2,17,18,19,20,22). The molecule has 1 aliphatic heterocycles. The van der Waals surface area contributed by atoms with Crippen LogP contribution in [0.1, 0.15) is 21.5 Å². The number of carbonyl (C=O) groups excluding carboxylic acids is 1. The molecule has 0 spiro atoms. The zero-order chi connectivity index (χ0) is 18.1. The van der Waals surface area contributed by atoms with Gasteiger partial charge in [-0.25, -0.2) is 13.5 Å². The summed E-state index contributed by atoms with van der Waals surface area (Å²) in [4.78, 5) is 16.0. The third-order valence-corrected chi connectivity index (χ3v) is 7.43. The molecule has 1 aromatic carbocycles. The minimum absolute atomic E-state index is 0.152. The molecular weight excluding hydrogens is 374 g/mol. The lowest BCUT2D eigenvalue weighted by molar-refractivity contribution is 0.102. The smallest absolute Gasteiger partial charge is 0.258 e. The summed E-state index contributed by atoms with van der Waals surface area (Å²) in [6, 6.07) is 9.23. The Balaban J connectivity index is 1.54. The van der Waals surface area contributed by atoms with Gasteiger partial charge in [0.1, 0.15) is 10.5 Å².